The molecule has 3 rings (SSSR count). The number of nitrogens with zero attached hydrogens (tertiary/aromatic N) is 3. The number of carbonyl (C=O) groups is 1. The molecule has 27 heavy (non-hydrogen) atoms. The van der Waals surface area contributed by atoms with Crippen molar-refractivity contribution in [3.63, 3.8) is 0 Å². The molecule has 0 bridgehead atoms. The van der Waals surface area contributed by atoms with E-state index in [1.807, 2.05) is 0 Å². The van der Waals surface area contributed by atoms with Gasteiger partial charge in [-0.3, -0.25) is 4.79 Å². The van der Waals surface area contributed by atoms with E-state index in [2.05, 4.69) is 20.3 Å². The van der Waals surface area contributed by atoms with Crippen LogP contribution in [0.2, 0.25) is 0 Å². The summed E-state index contributed by atoms with van der Waals surface area (Å²) in [5.41, 5.74) is -0.106. The number of pyridine rings is 1. The minimum Gasteiger partial charge on any atom is -0.405 e. The molecule has 8 nitrogen and oxygen atoms in total. The van der Waals surface area contributed by atoms with Crippen molar-refractivity contribution in [1.29, 1.82) is 5.26 Å². The number of aromatic nitrogens is 3. The maximum Gasteiger partial charge on any atom is 0.573 e. The lowest BCUT2D eigenvalue weighted by atomic mass is 10.1. The molecular formula is C16H10F3N5O3. The van der Waals surface area contributed by atoms with Crippen LogP contribution in [0.5, 0.6) is 5.75 Å². The number of alkyl halides is 3. The fourth-order valence-electron chi connectivity index (χ4n) is 2.31. The number of hydrogen-bond acceptors (Lipinski definition) is 5. The molecule has 1 aromatic carbocycles. The molecule has 2 aromatic heterocycles. The maximum atomic E-state index is 12.5. The van der Waals surface area contributed by atoms with Gasteiger partial charge in [-0.05, 0) is 24.3 Å². The molecule has 0 radical (unpaired) electrons. The second kappa shape index (κ2) is 6.83. The topological polar surface area (TPSA) is 112 Å². The number of rotatable bonds is 4. The van der Waals surface area contributed by atoms with Gasteiger partial charge in [-0.2, -0.15) is 10.4 Å². The zero-order chi connectivity index (χ0) is 19.6. The Kier molecular flexibility index (Phi) is 4.55. The van der Waals surface area contributed by atoms with Gasteiger partial charge in [0.15, 0.2) is 5.65 Å². The van der Waals surface area contributed by atoms with Crippen LogP contribution in [-0.4, -0.2) is 26.9 Å². The molecule has 0 saturated carbocycles. The van der Waals surface area contributed by atoms with Crippen LogP contribution in [0.25, 0.3) is 5.65 Å². The van der Waals surface area contributed by atoms with Gasteiger partial charge in [-0.1, -0.05) is 6.07 Å². The van der Waals surface area contributed by atoms with Crippen LogP contribution in [0.15, 0.2) is 41.3 Å². The summed E-state index contributed by atoms with van der Waals surface area (Å²) in [5, 5.41) is 17.2. The number of carbonyl (C=O) groups excluding carboxylic acids is 1. The van der Waals surface area contributed by atoms with Gasteiger partial charge in [0.1, 0.15) is 5.75 Å². The quantitative estimate of drug-likeness (QED) is 0.719. The highest BCUT2D eigenvalue weighted by atomic mass is 19.4. The largest absolute Gasteiger partial charge is 0.573 e. The average molecular weight is 377 g/mol. The zero-order valence-electron chi connectivity index (χ0n) is 13.4. The number of amides is 1. The molecule has 2 heterocycles. The SMILES string of the molecule is N#Cc1ccc(CNC(=O)c2ccc3n[nH]c(=O)n3c2)c(OC(F)(F)F)c1. The van der Waals surface area contributed by atoms with Crippen molar-refractivity contribution in [2.75, 3.05) is 0 Å². The van der Waals surface area contributed by atoms with Gasteiger partial charge in [0.05, 0.1) is 17.2 Å². The molecule has 0 aliphatic heterocycles. The van der Waals surface area contributed by atoms with Gasteiger partial charge in [0.25, 0.3) is 5.91 Å². The zero-order valence-corrected chi connectivity index (χ0v) is 13.4. The van der Waals surface area contributed by atoms with Gasteiger partial charge >= 0.3 is 12.1 Å². The van der Waals surface area contributed by atoms with E-state index in [4.69, 9.17) is 5.26 Å². The van der Waals surface area contributed by atoms with E-state index in [-0.39, 0.29) is 23.2 Å². The van der Waals surface area contributed by atoms with Crippen molar-refractivity contribution in [3.8, 4) is 11.8 Å². The molecule has 0 spiro atoms. The molecule has 3 aromatic rings. The number of nitrogens with one attached hydrogen (secondary N) is 2. The minimum absolute atomic E-state index is 0.0193. The first-order valence-electron chi connectivity index (χ1n) is 7.40. The van der Waals surface area contributed by atoms with Crippen molar-refractivity contribution in [1.82, 2.24) is 19.9 Å². The molecule has 0 fully saturated rings. The highest BCUT2D eigenvalue weighted by molar-refractivity contribution is 5.94. The monoisotopic (exact) mass is 377 g/mol. The number of aromatic amines is 1. The molecule has 0 saturated heterocycles. The fraction of sp³-hybridized carbons (Fsp3) is 0.125. The van der Waals surface area contributed by atoms with Crippen LogP contribution < -0.4 is 15.7 Å². The Bertz CT molecular complexity index is 1110. The predicted molar refractivity (Wildman–Crippen MR) is 84.8 cm³/mol. The number of ether oxygens (including phenoxy) is 1. The van der Waals surface area contributed by atoms with Crippen molar-refractivity contribution in [2.24, 2.45) is 0 Å². The van der Waals surface area contributed by atoms with Crippen molar-refractivity contribution in [3.05, 3.63) is 63.7 Å². The maximum absolute atomic E-state index is 12.5. The average Bonchev–Trinajstić information content (AvgIpc) is 2.99. The van der Waals surface area contributed by atoms with Crippen LogP contribution in [0, 0.1) is 11.3 Å². The lowest BCUT2D eigenvalue weighted by Crippen LogP contribution is -2.25. The summed E-state index contributed by atoms with van der Waals surface area (Å²) in [5.74, 6) is -1.20. The summed E-state index contributed by atoms with van der Waals surface area (Å²) in [7, 11) is 0. The van der Waals surface area contributed by atoms with Crippen LogP contribution in [0.4, 0.5) is 13.2 Å². The third-order valence-electron chi connectivity index (χ3n) is 3.54. The Morgan fingerprint density at radius 2 is 2.11 bits per heavy atom. The predicted octanol–water partition coefficient (Wildman–Crippen LogP) is 1.72. The van der Waals surface area contributed by atoms with Gasteiger partial charge in [-0.25, -0.2) is 14.3 Å². The Morgan fingerprint density at radius 1 is 1.33 bits per heavy atom. The van der Waals surface area contributed by atoms with E-state index in [9.17, 15) is 22.8 Å². The number of benzene rings is 1. The van der Waals surface area contributed by atoms with Crippen molar-refractivity contribution in [2.45, 2.75) is 12.9 Å². The van der Waals surface area contributed by atoms with E-state index in [1.54, 1.807) is 6.07 Å². The third-order valence-corrected chi connectivity index (χ3v) is 3.54. The van der Waals surface area contributed by atoms with Gasteiger partial charge in [-0.15, -0.1) is 13.2 Å². The summed E-state index contributed by atoms with van der Waals surface area (Å²) in [6.07, 6.45) is -3.69. The lowest BCUT2D eigenvalue weighted by Gasteiger charge is -2.14. The second-order valence-corrected chi connectivity index (χ2v) is 5.34. The van der Waals surface area contributed by atoms with E-state index in [0.29, 0.717) is 5.65 Å². The van der Waals surface area contributed by atoms with Crippen LogP contribution >= 0.6 is 0 Å². The molecule has 0 atom stereocenters. The highest BCUT2D eigenvalue weighted by Crippen LogP contribution is 2.27. The lowest BCUT2D eigenvalue weighted by molar-refractivity contribution is -0.274. The van der Waals surface area contributed by atoms with Crippen LogP contribution in [-0.2, 0) is 6.54 Å². The number of H-pyrrole nitrogens is 1. The highest BCUT2D eigenvalue weighted by Gasteiger charge is 2.32. The molecule has 0 aliphatic rings. The first kappa shape index (κ1) is 18.0. The number of halogens is 3. The normalized spacial score (nSPS) is 11.2. The van der Waals surface area contributed by atoms with E-state index < -0.39 is 23.7 Å². The fourth-order valence-corrected chi connectivity index (χ4v) is 2.31. The summed E-state index contributed by atoms with van der Waals surface area (Å²) in [6.45, 7) is -0.283. The molecule has 138 valence electrons. The Balaban J connectivity index is 1.80. The summed E-state index contributed by atoms with van der Waals surface area (Å²) in [6, 6.07) is 8.06. The minimum atomic E-state index is -4.94. The van der Waals surface area contributed by atoms with Crippen molar-refractivity contribution >= 4 is 11.6 Å². The van der Waals surface area contributed by atoms with E-state index in [0.717, 1.165) is 10.5 Å². The van der Waals surface area contributed by atoms with Gasteiger partial charge in [0.2, 0.25) is 0 Å². The summed E-state index contributed by atoms with van der Waals surface area (Å²) in [4.78, 5) is 23.8. The van der Waals surface area contributed by atoms with E-state index in [1.165, 1.54) is 30.5 Å². The Morgan fingerprint density at radius 3 is 2.81 bits per heavy atom. The van der Waals surface area contributed by atoms with E-state index >= 15 is 0 Å². The Hall–Kier alpha value is -3.81. The molecule has 2 N–H and O–H groups in total. The number of fused-ring (bicyclic) bond motifs is 1. The summed E-state index contributed by atoms with van der Waals surface area (Å²) >= 11 is 0. The third kappa shape index (κ3) is 4.06. The first-order valence-corrected chi connectivity index (χ1v) is 7.40. The Labute approximate surface area is 148 Å². The number of hydrogen-bond donors (Lipinski definition) is 2. The van der Waals surface area contributed by atoms with Gasteiger partial charge in [0, 0.05) is 18.3 Å². The number of nitriles is 1. The standard InChI is InChI=1S/C16H10F3N5O3/c17-16(18,19)27-12-5-9(6-20)1-2-10(12)7-21-14(25)11-3-4-13-22-23-15(26)24(13)8-11/h1-5,8H,7H2,(H,21,25)(H,23,26). The van der Waals surface area contributed by atoms with Gasteiger partial charge < -0.3 is 10.1 Å². The first-order chi connectivity index (χ1) is 12.8. The molecule has 0 aliphatic carbocycles. The molecular weight excluding hydrogens is 367 g/mol. The smallest absolute Gasteiger partial charge is 0.405 e. The molecule has 0 unspecified atom stereocenters. The second-order valence-electron chi connectivity index (χ2n) is 5.34. The van der Waals surface area contributed by atoms with Crippen LogP contribution in [0.3, 0.4) is 0 Å². The summed E-state index contributed by atoms with van der Waals surface area (Å²) < 4.78 is 42.7. The van der Waals surface area contributed by atoms with Crippen LogP contribution in [0.1, 0.15) is 21.5 Å². The molecule has 11 heteroatoms. The molecule has 1 amide bonds. The van der Waals surface area contributed by atoms with Crippen molar-refractivity contribution < 1.29 is 22.7 Å².